The van der Waals surface area contributed by atoms with Crippen LogP contribution in [0.1, 0.15) is 0 Å². The number of carbonyl (C=O) groups excluding carboxylic acids is 1. The van der Waals surface area contributed by atoms with Crippen molar-refractivity contribution in [1.29, 1.82) is 10.5 Å². The fraction of sp³-hybridized carbons (Fsp3) is 0.625. The number of nitriles is 2. The maximum atomic E-state index is 11.0. The van der Waals surface area contributed by atoms with Crippen LogP contribution in [0.2, 0.25) is 0 Å². The summed E-state index contributed by atoms with van der Waals surface area (Å²) < 4.78 is 4.62. The quantitative estimate of drug-likeness (QED) is 0.519. The molecule has 0 aromatic heterocycles. The van der Waals surface area contributed by atoms with E-state index in [0.29, 0.717) is 0 Å². The highest BCUT2D eigenvalue weighted by atomic mass is 16.5. The lowest BCUT2D eigenvalue weighted by Crippen LogP contribution is -2.32. The number of rotatable bonds is 6. The zero-order chi connectivity index (χ0) is 10.1. The second-order valence-corrected chi connectivity index (χ2v) is 2.43. The van der Waals surface area contributed by atoms with Crippen molar-refractivity contribution in [3.05, 3.63) is 0 Å². The van der Waals surface area contributed by atoms with Gasteiger partial charge in [0.15, 0.2) is 5.78 Å². The molecule has 0 aliphatic heterocycles. The Hall–Kier alpha value is -1.43. The van der Waals surface area contributed by atoms with Crippen LogP contribution in [-0.2, 0) is 9.53 Å². The van der Waals surface area contributed by atoms with Crippen LogP contribution in [0.4, 0.5) is 0 Å². The highest BCUT2D eigenvalue weighted by Crippen LogP contribution is 1.87. The molecule has 70 valence electrons. The Morgan fingerprint density at radius 2 is 1.92 bits per heavy atom. The standard InChI is InChI=1S/C8H11N3O2/c1-13-7-8(12)6-11(4-2-9)5-3-10/h4-7H2,1H3. The Bertz CT molecular complexity index is 223. The molecule has 13 heavy (non-hydrogen) atoms. The fourth-order valence-electron chi connectivity index (χ4n) is 0.824. The molecule has 0 atom stereocenters. The van der Waals surface area contributed by atoms with E-state index in [-0.39, 0.29) is 32.0 Å². The average Bonchev–Trinajstić information content (AvgIpc) is 2.05. The van der Waals surface area contributed by atoms with Gasteiger partial charge in [-0.2, -0.15) is 10.5 Å². The monoisotopic (exact) mass is 181 g/mol. The van der Waals surface area contributed by atoms with Crippen LogP contribution < -0.4 is 0 Å². The first kappa shape index (κ1) is 11.6. The predicted molar refractivity (Wildman–Crippen MR) is 44.5 cm³/mol. The molecule has 0 saturated heterocycles. The molecule has 0 aliphatic rings. The van der Waals surface area contributed by atoms with Gasteiger partial charge in [0, 0.05) is 7.11 Å². The minimum Gasteiger partial charge on any atom is -0.377 e. The molecule has 0 heterocycles. The van der Waals surface area contributed by atoms with Gasteiger partial charge in [-0.05, 0) is 0 Å². The lowest BCUT2D eigenvalue weighted by Gasteiger charge is -2.12. The van der Waals surface area contributed by atoms with Crippen molar-refractivity contribution in [3.8, 4) is 12.1 Å². The van der Waals surface area contributed by atoms with E-state index < -0.39 is 0 Å². The van der Waals surface area contributed by atoms with Crippen LogP contribution in [0.25, 0.3) is 0 Å². The molecule has 0 fully saturated rings. The normalized spacial score (nSPS) is 9.23. The molecule has 0 amide bonds. The SMILES string of the molecule is COCC(=O)CN(CC#N)CC#N. The Labute approximate surface area is 77.1 Å². The maximum Gasteiger partial charge on any atom is 0.172 e. The van der Waals surface area contributed by atoms with E-state index in [4.69, 9.17) is 10.5 Å². The maximum absolute atomic E-state index is 11.0. The highest BCUT2D eigenvalue weighted by Gasteiger charge is 2.08. The van der Waals surface area contributed by atoms with E-state index >= 15 is 0 Å². The van der Waals surface area contributed by atoms with Gasteiger partial charge >= 0.3 is 0 Å². The summed E-state index contributed by atoms with van der Waals surface area (Å²) in [6.07, 6.45) is 0. The van der Waals surface area contributed by atoms with Crippen LogP contribution in [0.5, 0.6) is 0 Å². The Morgan fingerprint density at radius 1 is 1.38 bits per heavy atom. The number of ketones is 1. The molecule has 0 rings (SSSR count). The predicted octanol–water partition coefficient (Wildman–Crippen LogP) is -0.449. The van der Waals surface area contributed by atoms with E-state index in [2.05, 4.69) is 4.74 Å². The second kappa shape index (κ2) is 7.23. The molecule has 5 nitrogen and oxygen atoms in total. The molecular weight excluding hydrogens is 170 g/mol. The summed E-state index contributed by atoms with van der Waals surface area (Å²) >= 11 is 0. The van der Waals surface area contributed by atoms with Crippen LogP contribution >= 0.6 is 0 Å². The number of hydrogen-bond acceptors (Lipinski definition) is 5. The fourth-order valence-corrected chi connectivity index (χ4v) is 0.824. The van der Waals surface area contributed by atoms with E-state index in [1.165, 1.54) is 12.0 Å². The smallest absolute Gasteiger partial charge is 0.172 e. The van der Waals surface area contributed by atoms with Crippen molar-refractivity contribution in [2.24, 2.45) is 0 Å². The minimum atomic E-state index is -0.131. The number of ether oxygens (including phenoxy) is 1. The average molecular weight is 181 g/mol. The lowest BCUT2D eigenvalue weighted by molar-refractivity contribution is -0.123. The summed E-state index contributed by atoms with van der Waals surface area (Å²) in [5.74, 6) is -0.131. The first-order valence-electron chi connectivity index (χ1n) is 3.71. The molecule has 5 heteroatoms. The van der Waals surface area contributed by atoms with Crippen LogP contribution in [0.15, 0.2) is 0 Å². The number of hydrogen-bond donors (Lipinski definition) is 0. The lowest BCUT2D eigenvalue weighted by atomic mass is 10.3. The van der Waals surface area contributed by atoms with Gasteiger partial charge < -0.3 is 4.74 Å². The Morgan fingerprint density at radius 3 is 2.31 bits per heavy atom. The summed E-state index contributed by atoms with van der Waals surface area (Å²) in [6, 6.07) is 3.76. The summed E-state index contributed by atoms with van der Waals surface area (Å²) in [5, 5.41) is 16.7. The molecule has 0 aromatic rings. The summed E-state index contributed by atoms with van der Waals surface area (Å²) in [6.45, 7) is 0.286. The van der Waals surface area contributed by atoms with Crippen LogP contribution in [0.3, 0.4) is 0 Å². The van der Waals surface area contributed by atoms with Crippen molar-refractivity contribution in [2.75, 3.05) is 33.4 Å². The number of nitrogens with zero attached hydrogens (tertiary/aromatic N) is 3. The number of Topliss-reactive ketones (excluding diaryl/α,β-unsaturated/α-hetero) is 1. The van der Waals surface area contributed by atoms with E-state index in [1.807, 2.05) is 12.1 Å². The number of carbonyl (C=O) groups is 1. The van der Waals surface area contributed by atoms with Gasteiger partial charge in [0.2, 0.25) is 0 Å². The zero-order valence-electron chi connectivity index (χ0n) is 7.49. The third-order valence-electron chi connectivity index (χ3n) is 1.29. The molecule has 0 radical (unpaired) electrons. The molecule has 0 aromatic carbocycles. The first-order chi connectivity index (χ1) is 6.24. The zero-order valence-corrected chi connectivity index (χ0v) is 7.49. The molecule has 0 N–H and O–H groups in total. The van der Waals surface area contributed by atoms with Crippen LogP contribution in [0, 0.1) is 22.7 Å². The molecule has 0 aliphatic carbocycles. The van der Waals surface area contributed by atoms with Crippen molar-refractivity contribution in [1.82, 2.24) is 4.90 Å². The van der Waals surface area contributed by atoms with Gasteiger partial charge in [-0.15, -0.1) is 0 Å². The summed E-state index contributed by atoms with van der Waals surface area (Å²) in [7, 11) is 1.43. The largest absolute Gasteiger partial charge is 0.377 e. The van der Waals surface area contributed by atoms with Gasteiger partial charge in [0.25, 0.3) is 0 Å². The first-order valence-corrected chi connectivity index (χ1v) is 3.71. The third-order valence-corrected chi connectivity index (χ3v) is 1.29. The topological polar surface area (TPSA) is 77.1 Å². The van der Waals surface area contributed by atoms with Gasteiger partial charge in [-0.3, -0.25) is 9.69 Å². The minimum absolute atomic E-state index is 0.0212. The van der Waals surface area contributed by atoms with E-state index in [9.17, 15) is 4.79 Å². The van der Waals surface area contributed by atoms with Crippen molar-refractivity contribution < 1.29 is 9.53 Å². The molecule has 0 bridgehead atoms. The molecule has 0 unspecified atom stereocenters. The van der Waals surface area contributed by atoms with Gasteiger partial charge in [0.1, 0.15) is 6.61 Å². The van der Waals surface area contributed by atoms with Crippen molar-refractivity contribution in [3.63, 3.8) is 0 Å². The van der Waals surface area contributed by atoms with Crippen molar-refractivity contribution in [2.45, 2.75) is 0 Å². The van der Waals surface area contributed by atoms with Gasteiger partial charge in [-0.25, -0.2) is 0 Å². The van der Waals surface area contributed by atoms with E-state index in [1.54, 1.807) is 0 Å². The molecule has 0 saturated carbocycles. The Balaban J connectivity index is 3.89. The van der Waals surface area contributed by atoms with E-state index in [0.717, 1.165) is 0 Å². The van der Waals surface area contributed by atoms with Gasteiger partial charge in [-0.1, -0.05) is 0 Å². The molecular formula is C8H11N3O2. The van der Waals surface area contributed by atoms with Crippen molar-refractivity contribution >= 4 is 5.78 Å². The summed E-state index contributed by atoms with van der Waals surface area (Å²) in [4.78, 5) is 12.5. The molecule has 0 spiro atoms. The number of methoxy groups -OCH3 is 1. The Kier molecular flexibility index (Phi) is 6.44. The second-order valence-electron chi connectivity index (χ2n) is 2.43. The van der Waals surface area contributed by atoms with Crippen LogP contribution in [-0.4, -0.2) is 44.0 Å². The summed E-state index contributed by atoms with van der Waals surface area (Å²) in [5.41, 5.74) is 0. The third kappa shape index (κ3) is 5.80. The highest BCUT2D eigenvalue weighted by molar-refractivity contribution is 5.81. The van der Waals surface area contributed by atoms with Gasteiger partial charge in [0.05, 0.1) is 31.8 Å².